The highest BCUT2D eigenvalue weighted by Gasteiger charge is 2.25. The van der Waals surface area contributed by atoms with Crippen molar-refractivity contribution in [3.05, 3.63) is 12.2 Å². The SMILES string of the molecule is CCNC(=NCCN1CCN(C(=O)OC(C)(C)C)CC1)NC1CC=CC1. The molecular formula is C19H35N5O2. The molecular weight excluding hydrogens is 330 g/mol. The molecule has 0 radical (unpaired) electrons. The fourth-order valence-corrected chi connectivity index (χ4v) is 3.03. The maximum absolute atomic E-state index is 12.1. The molecule has 1 saturated heterocycles. The number of hydrogen-bond donors (Lipinski definition) is 2. The van der Waals surface area contributed by atoms with Crippen LogP contribution in [0.1, 0.15) is 40.5 Å². The standard InChI is InChI=1S/C19H35N5O2/c1-5-20-17(22-16-8-6-7-9-16)21-10-11-23-12-14-24(15-13-23)18(25)26-19(2,3)4/h6-7,16H,5,8-15H2,1-4H3,(H2,20,21,22). The van der Waals surface area contributed by atoms with E-state index in [1.807, 2.05) is 20.8 Å². The van der Waals surface area contributed by atoms with Crippen LogP contribution in [-0.2, 0) is 4.74 Å². The van der Waals surface area contributed by atoms with E-state index in [0.717, 1.165) is 51.5 Å². The molecule has 2 rings (SSSR count). The third-order valence-corrected chi connectivity index (χ3v) is 4.40. The predicted molar refractivity (Wildman–Crippen MR) is 106 cm³/mol. The maximum atomic E-state index is 12.1. The van der Waals surface area contributed by atoms with Crippen molar-refractivity contribution in [3.63, 3.8) is 0 Å². The Hall–Kier alpha value is -1.76. The number of piperazine rings is 1. The van der Waals surface area contributed by atoms with Crippen molar-refractivity contribution in [2.75, 3.05) is 45.8 Å². The molecule has 0 aromatic heterocycles. The van der Waals surface area contributed by atoms with Crippen LogP contribution in [0, 0.1) is 0 Å². The summed E-state index contributed by atoms with van der Waals surface area (Å²) in [5.41, 5.74) is -0.437. The van der Waals surface area contributed by atoms with Crippen LogP contribution >= 0.6 is 0 Å². The van der Waals surface area contributed by atoms with Crippen LogP contribution in [0.25, 0.3) is 0 Å². The second-order valence-electron chi connectivity index (χ2n) is 7.85. The smallest absolute Gasteiger partial charge is 0.410 e. The van der Waals surface area contributed by atoms with Gasteiger partial charge in [-0.2, -0.15) is 0 Å². The van der Waals surface area contributed by atoms with E-state index >= 15 is 0 Å². The van der Waals surface area contributed by atoms with Crippen molar-refractivity contribution < 1.29 is 9.53 Å². The first-order valence-electron chi connectivity index (χ1n) is 9.77. The minimum atomic E-state index is -0.437. The van der Waals surface area contributed by atoms with Crippen LogP contribution in [0.2, 0.25) is 0 Å². The summed E-state index contributed by atoms with van der Waals surface area (Å²) >= 11 is 0. The summed E-state index contributed by atoms with van der Waals surface area (Å²) in [4.78, 5) is 20.9. The summed E-state index contributed by atoms with van der Waals surface area (Å²) in [5.74, 6) is 0.897. The van der Waals surface area contributed by atoms with E-state index in [2.05, 4.69) is 34.6 Å². The molecule has 0 aromatic carbocycles. The van der Waals surface area contributed by atoms with Gasteiger partial charge in [0.15, 0.2) is 5.96 Å². The Bertz CT molecular complexity index is 497. The second kappa shape index (κ2) is 9.80. The molecule has 0 spiro atoms. The molecule has 26 heavy (non-hydrogen) atoms. The summed E-state index contributed by atoms with van der Waals surface area (Å²) in [5, 5.41) is 6.80. The maximum Gasteiger partial charge on any atom is 0.410 e. The topological polar surface area (TPSA) is 69.2 Å². The molecule has 2 N–H and O–H groups in total. The molecule has 7 heteroatoms. The van der Waals surface area contributed by atoms with Crippen LogP contribution in [0.15, 0.2) is 17.1 Å². The van der Waals surface area contributed by atoms with Crippen molar-refractivity contribution in [1.82, 2.24) is 20.4 Å². The molecule has 1 amide bonds. The van der Waals surface area contributed by atoms with Gasteiger partial charge in [-0.3, -0.25) is 9.89 Å². The molecule has 0 aromatic rings. The zero-order valence-electron chi connectivity index (χ0n) is 16.8. The monoisotopic (exact) mass is 365 g/mol. The van der Waals surface area contributed by atoms with Crippen LogP contribution in [-0.4, -0.2) is 79.3 Å². The molecule has 1 aliphatic heterocycles. The first-order valence-corrected chi connectivity index (χ1v) is 9.77. The molecule has 148 valence electrons. The number of carbonyl (C=O) groups excluding carboxylic acids is 1. The van der Waals surface area contributed by atoms with Gasteiger partial charge in [-0.1, -0.05) is 12.2 Å². The Morgan fingerprint density at radius 1 is 1.19 bits per heavy atom. The summed E-state index contributed by atoms with van der Waals surface area (Å²) in [7, 11) is 0. The van der Waals surface area contributed by atoms with E-state index in [-0.39, 0.29) is 6.09 Å². The minimum Gasteiger partial charge on any atom is -0.444 e. The van der Waals surface area contributed by atoms with Crippen LogP contribution in [0.4, 0.5) is 4.79 Å². The summed E-state index contributed by atoms with van der Waals surface area (Å²) in [6, 6.07) is 0.463. The summed E-state index contributed by atoms with van der Waals surface area (Å²) in [6.07, 6.45) is 6.35. The van der Waals surface area contributed by atoms with Gasteiger partial charge in [0.25, 0.3) is 0 Å². The Kier molecular flexibility index (Phi) is 7.75. The quantitative estimate of drug-likeness (QED) is 0.442. The predicted octanol–water partition coefficient (Wildman–Crippen LogP) is 1.81. The molecule has 0 bridgehead atoms. The largest absolute Gasteiger partial charge is 0.444 e. The number of amides is 1. The highest BCUT2D eigenvalue weighted by atomic mass is 16.6. The molecule has 0 saturated carbocycles. The fraction of sp³-hybridized carbons (Fsp3) is 0.789. The number of nitrogens with one attached hydrogen (secondary N) is 2. The van der Waals surface area contributed by atoms with Crippen LogP contribution in [0.5, 0.6) is 0 Å². The second-order valence-corrected chi connectivity index (χ2v) is 7.85. The van der Waals surface area contributed by atoms with E-state index in [4.69, 9.17) is 9.73 Å². The molecule has 1 aliphatic carbocycles. The normalized spacial score (nSPS) is 19.7. The fourth-order valence-electron chi connectivity index (χ4n) is 3.03. The lowest BCUT2D eigenvalue weighted by molar-refractivity contribution is 0.0148. The van der Waals surface area contributed by atoms with Gasteiger partial charge in [0.05, 0.1) is 6.54 Å². The minimum absolute atomic E-state index is 0.209. The van der Waals surface area contributed by atoms with Gasteiger partial charge < -0.3 is 20.3 Å². The third kappa shape index (κ3) is 7.23. The highest BCUT2D eigenvalue weighted by Crippen LogP contribution is 2.12. The van der Waals surface area contributed by atoms with E-state index in [0.29, 0.717) is 19.1 Å². The van der Waals surface area contributed by atoms with Crippen LogP contribution in [0.3, 0.4) is 0 Å². The Morgan fingerprint density at radius 3 is 2.42 bits per heavy atom. The molecule has 2 aliphatic rings. The van der Waals surface area contributed by atoms with Gasteiger partial charge in [0, 0.05) is 45.3 Å². The third-order valence-electron chi connectivity index (χ3n) is 4.40. The number of aliphatic imine (C=N–C) groups is 1. The average molecular weight is 366 g/mol. The van der Waals surface area contributed by atoms with Gasteiger partial charge in [-0.05, 0) is 40.5 Å². The zero-order chi connectivity index (χ0) is 19.0. The highest BCUT2D eigenvalue weighted by molar-refractivity contribution is 5.80. The molecule has 1 heterocycles. The lowest BCUT2D eigenvalue weighted by Gasteiger charge is -2.35. The molecule has 0 atom stereocenters. The van der Waals surface area contributed by atoms with Gasteiger partial charge in [-0.15, -0.1) is 0 Å². The zero-order valence-corrected chi connectivity index (χ0v) is 16.8. The van der Waals surface area contributed by atoms with Crippen molar-refractivity contribution in [2.24, 2.45) is 4.99 Å². The summed E-state index contributed by atoms with van der Waals surface area (Å²) in [6.45, 7) is 13.5. The summed E-state index contributed by atoms with van der Waals surface area (Å²) < 4.78 is 5.44. The van der Waals surface area contributed by atoms with E-state index in [1.54, 1.807) is 4.90 Å². The number of ether oxygens (including phenoxy) is 1. The molecule has 0 unspecified atom stereocenters. The average Bonchev–Trinajstić information content (AvgIpc) is 3.07. The number of guanidine groups is 1. The first kappa shape index (κ1) is 20.6. The molecule has 7 nitrogen and oxygen atoms in total. The van der Waals surface area contributed by atoms with Gasteiger partial charge in [0.1, 0.15) is 5.60 Å². The Morgan fingerprint density at radius 2 is 1.85 bits per heavy atom. The number of nitrogens with zero attached hydrogens (tertiary/aromatic N) is 3. The van der Waals surface area contributed by atoms with Crippen molar-refractivity contribution >= 4 is 12.1 Å². The number of hydrogen-bond acceptors (Lipinski definition) is 4. The lowest BCUT2D eigenvalue weighted by Crippen LogP contribution is -2.50. The van der Waals surface area contributed by atoms with E-state index in [9.17, 15) is 4.79 Å². The van der Waals surface area contributed by atoms with E-state index in [1.165, 1.54) is 0 Å². The first-order chi connectivity index (χ1) is 12.4. The van der Waals surface area contributed by atoms with Gasteiger partial charge >= 0.3 is 6.09 Å². The number of rotatable bonds is 5. The van der Waals surface area contributed by atoms with Crippen molar-refractivity contribution in [2.45, 2.75) is 52.2 Å². The van der Waals surface area contributed by atoms with Gasteiger partial charge in [-0.25, -0.2) is 4.79 Å². The Labute approximate surface area is 157 Å². The molecule has 1 fully saturated rings. The van der Waals surface area contributed by atoms with Crippen molar-refractivity contribution in [3.8, 4) is 0 Å². The Balaban J connectivity index is 1.70. The van der Waals surface area contributed by atoms with Crippen molar-refractivity contribution in [1.29, 1.82) is 0 Å². The number of carbonyl (C=O) groups is 1. The van der Waals surface area contributed by atoms with Gasteiger partial charge in [0.2, 0.25) is 0 Å². The van der Waals surface area contributed by atoms with Crippen LogP contribution < -0.4 is 10.6 Å². The van der Waals surface area contributed by atoms with E-state index < -0.39 is 5.60 Å². The lowest BCUT2D eigenvalue weighted by atomic mass is 10.2.